The second-order valence-electron chi connectivity index (χ2n) is 4.55. The summed E-state index contributed by atoms with van der Waals surface area (Å²) >= 11 is 0. The van der Waals surface area contributed by atoms with Gasteiger partial charge in [0.1, 0.15) is 17.8 Å². The van der Waals surface area contributed by atoms with E-state index in [1.165, 1.54) is 6.20 Å². The molecule has 1 saturated heterocycles. The van der Waals surface area contributed by atoms with Crippen LogP contribution in [0.4, 0.5) is 5.95 Å². The maximum absolute atomic E-state index is 9.83. The van der Waals surface area contributed by atoms with E-state index in [0.29, 0.717) is 23.5 Å². The Morgan fingerprint density at radius 3 is 2.95 bits per heavy atom. The van der Waals surface area contributed by atoms with Crippen molar-refractivity contribution in [2.24, 2.45) is 0 Å². The van der Waals surface area contributed by atoms with Crippen LogP contribution in [0.3, 0.4) is 0 Å². The standard InChI is InChI=1S/C11H15N5O4/c1-12-10-14-5-3-13-11(19)15-9(5)16(10)8-2-6(18)7(4-17)20-8/h3,6-8,17-18H,2,4H2,1H3,(H,12,14)(H,13,15,19)/t6-,7+,8-/m1/s1. The molecule has 0 amide bonds. The topological polar surface area (TPSA) is 126 Å². The van der Waals surface area contributed by atoms with Gasteiger partial charge in [0, 0.05) is 13.5 Å². The van der Waals surface area contributed by atoms with Gasteiger partial charge in [0.25, 0.3) is 0 Å². The van der Waals surface area contributed by atoms with Gasteiger partial charge in [0.05, 0.1) is 18.9 Å². The average molecular weight is 281 g/mol. The number of aromatic nitrogens is 4. The number of imidazole rings is 1. The second-order valence-corrected chi connectivity index (χ2v) is 4.55. The van der Waals surface area contributed by atoms with Gasteiger partial charge >= 0.3 is 6.01 Å². The lowest BCUT2D eigenvalue weighted by Gasteiger charge is -2.16. The Balaban J connectivity index is 2.08. The Hall–Kier alpha value is -1.97. The monoisotopic (exact) mass is 281 g/mol. The van der Waals surface area contributed by atoms with Gasteiger partial charge in [-0.25, -0.2) is 9.97 Å². The highest BCUT2D eigenvalue weighted by atomic mass is 16.5. The highest BCUT2D eigenvalue weighted by Crippen LogP contribution is 2.33. The number of aliphatic hydroxyl groups excluding tert-OH is 2. The van der Waals surface area contributed by atoms with Crippen molar-refractivity contribution in [3.8, 4) is 6.01 Å². The summed E-state index contributed by atoms with van der Waals surface area (Å²) in [5.74, 6) is 0.482. The Bertz CT molecular complexity index is 631. The summed E-state index contributed by atoms with van der Waals surface area (Å²) < 4.78 is 7.23. The second kappa shape index (κ2) is 4.85. The zero-order valence-corrected chi connectivity index (χ0v) is 10.8. The first-order chi connectivity index (χ1) is 9.63. The quantitative estimate of drug-likeness (QED) is 0.577. The van der Waals surface area contributed by atoms with Gasteiger partial charge in [-0.1, -0.05) is 0 Å². The lowest BCUT2D eigenvalue weighted by molar-refractivity contribution is -0.0425. The molecule has 0 bridgehead atoms. The van der Waals surface area contributed by atoms with Gasteiger partial charge in [0.15, 0.2) is 5.65 Å². The van der Waals surface area contributed by atoms with Gasteiger partial charge < -0.3 is 25.4 Å². The van der Waals surface area contributed by atoms with Gasteiger partial charge in [-0.3, -0.25) is 4.57 Å². The maximum Gasteiger partial charge on any atom is 0.315 e. The predicted molar refractivity (Wildman–Crippen MR) is 68.2 cm³/mol. The minimum atomic E-state index is -0.761. The summed E-state index contributed by atoms with van der Waals surface area (Å²) in [6, 6.07) is -0.362. The summed E-state index contributed by atoms with van der Waals surface area (Å²) in [5, 5.41) is 31.3. The molecule has 0 aliphatic carbocycles. The first kappa shape index (κ1) is 13.0. The molecule has 3 atom stereocenters. The number of rotatable bonds is 3. The minimum Gasteiger partial charge on any atom is -0.479 e. The van der Waals surface area contributed by atoms with Crippen LogP contribution in [-0.4, -0.2) is 60.7 Å². The van der Waals surface area contributed by atoms with Gasteiger partial charge in [-0.15, -0.1) is 0 Å². The van der Waals surface area contributed by atoms with Crippen molar-refractivity contribution < 1.29 is 20.1 Å². The third-order valence-corrected chi connectivity index (χ3v) is 3.32. The van der Waals surface area contributed by atoms with Crippen LogP contribution in [-0.2, 0) is 4.74 Å². The van der Waals surface area contributed by atoms with Crippen LogP contribution >= 0.6 is 0 Å². The highest BCUT2D eigenvalue weighted by Gasteiger charge is 2.36. The van der Waals surface area contributed by atoms with Crippen molar-refractivity contribution >= 4 is 17.1 Å². The van der Waals surface area contributed by atoms with Crippen molar-refractivity contribution in [3.63, 3.8) is 0 Å². The molecule has 9 heteroatoms. The minimum absolute atomic E-state index is 0.264. The fourth-order valence-electron chi connectivity index (χ4n) is 2.37. The summed E-state index contributed by atoms with van der Waals surface area (Å²) in [4.78, 5) is 11.9. The molecule has 0 unspecified atom stereocenters. The van der Waals surface area contributed by atoms with Gasteiger partial charge in [-0.05, 0) is 0 Å². The number of anilines is 1. The van der Waals surface area contributed by atoms with Crippen LogP contribution in [0.5, 0.6) is 6.01 Å². The molecular formula is C11H15N5O4. The smallest absolute Gasteiger partial charge is 0.315 e. The predicted octanol–water partition coefficient (Wildman–Crippen LogP) is -0.786. The number of ether oxygens (including phenoxy) is 1. The van der Waals surface area contributed by atoms with E-state index in [2.05, 4.69) is 20.3 Å². The SMILES string of the molecule is CNc1nc2cnc(O)nc2n1[C@H]1C[C@@H](O)[C@H](CO)O1. The molecule has 1 aliphatic rings. The molecule has 2 aromatic rings. The molecule has 0 radical (unpaired) electrons. The van der Waals surface area contributed by atoms with E-state index in [-0.39, 0.29) is 12.6 Å². The number of hydrogen-bond acceptors (Lipinski definition) is 8. The molecular weight excluding hydrogens is 266 g/mol. The average Bonchev–Trinajstić information content (AvgIpc) is 2.98. The lowest BCUT2D eigenvalue weighted by atomic mass is 10.2. The van der Waals surface area contributed by atoms with E-state index in [4.69, 9.17) is 9.84 Å². The highest BCUT2D eigenvalue weighted by molar-refractivity contribution is 5.74. The van der Waals surface area contributed by atoms with Crippen LogP contribution in [0.15, 0.2) is 6.20 Å². The van der Waals surface area contributed by atoms with E-state index >= 15 is 0 Å². The number of aliphatic hydroxyl groups is 2. The Kier molecular flexibility index (Phi) is 3.16. The molecule has 108 valence electrons. The van der Waals surface area contributed by atoms with Gasteiger partial charge in [-0.2, -0.15) is 4.98 Å². The lowest BCUT2D eigenvalue weighted by Crippen LogP contribution is -2.24. The zero-order valence-electron chi connectivity index (χ0n) is 10.8. The number of aromatic hydroxyl groups is 1. The van der Waals surface area contributed by atoms with E-state index in [1.54, 1.807) is 11.6 Å². The van der Waals surface area contributed by atoms with Gasteiger partial charge in [0.2, 0.25) is 5.95 Å². The van der Waals surface area contributed by atoms with Crippen LogP contribution < -0.4 is 5.32 Å². The van der Waals surface area contributed by atoms with E-state index in [0.717, 1.165) is 0 Å². The Labute approximate surface area is 113 Å². The molecule has 1 fully saturated rings. The van der Waals surface area contributed by atoms with E-state index in [1.807, 2.05) is 0 Å². The normalized spacial score (nSPS) is 26.2. The van der Waals surface area contributed by atoms with E-state index < -0.39 is 18.4 Å². The number of nitrogens with zero attached hydrogens (tertiary/aromatic N) is 4. The molecule has 9 nitrogen and oxygen atoms in total. The number of nitrogens with one attached hydrogen (secondary N) is 1. The molecule has 4 N–H and O–H groups in total. The maximum atomic E-state index is 9.83. The molecule has 3 rings (SSSR count). The van der Waals surface area contributed by atoms with Crippen LogP contribution in [0, 0.1) is 0 Å². The van der Waals surface area contributed by atoms with Crippen molar-refractivity contribution in [1.29, 1.82) is 0 Å². The van der Waals surface area contributed by atoms with Crippen molar-refractivity contribution in [3.05, 3.63) is 6.20 Å². The molecule has 0 spiro atoms. The molecule has 0 aromatic carbocycles. The number of hydrogen-bond donors (Lipinski definition) is 4. The number of fused-ring (bicyclic) bond motifs is 1. The molecule has 3 heterocycles. The summed E-state index contributed by atoms with van der Waals surface area (Å²) in [6.07, 6.45) is -0.218. The fourth-order valence-corrected chi connectivity index (χ4v) is 2.37. The van der Waals surface area contributed by atoms with Crippen LogP contribution in [0.2, 0.25) is 0 Å². The molecule has 2 aromatic heterocycles. The van der Waals surface area contributed by atoms with E-state index in [9.17, 15) is 10.2 Å². The summed E-state index contributed by atoms with van der Waals surface area (Å²) in [5.41, 5.74) is 0.898. The van der Waals surface area contributed by atoms with Crippen molar-refractivity contribution in [2.75, 3.05) is 19.0 Å². The van der Waals surface area contributed by atoms with Crippen molar-refractivity contribution in [2.45, 2.75) is 24.9 Å². The first-order valence-electron chi connectivity index (χ1n) is 6.20. The summed E-state index contributed by atoms with van der Waals surface area (Å²) in [7, 11) is 1.69. The van der Waals surface area contributed by atoms with Crippen molar-refractivity contribution in [1.82, 2.24) is 19.5 Å². The largest absolute Gasteiger partial charge is 0.479 e. The van der Waals surface area contributed by atoms with Crippen LogP contribution in [0.25, 0.3) is 11.2 Å². The Morgan fingerprint density at radius 2 is 2.30 bits per heavy atom. The Morgan fingerprint density at radius 1 is 1.50 bits per heavy atom. The third kappa shape index (κ3) is 1.96. The summed E-state index contributed by atoms with van der Waals surface area (Å²) in [6.45, 7) is -0.264. The third-order valence-electron chi connectivity index (χ3n) is 3.32. The van der Waals surface area contributed by atoms with Crippen LogP contribution in [0.1, 0.15) is 12.6 Å². The molecule has 0 saturated carbocycles. The zero-order chi connectivity index (χ0) is 14.3. The molecule has 1 aliphatic heterocycles. The fraction of sp³-hybridized carbons (Fsp3) is 0.545. The molecule has 20 heavy (non-hydrogen) atoms. The first-order valence-corrected chi connectivity index (χ1v) is 6.20.